The lowest BCUT2D eigenvalue weighted by molar-refractivity contribution is 0.101. The lowest BCUT2D eigenvalue weighted by Gasteiger charge is -2.09. The van der Waals surface area contributed by atoms with Gasteiger partial charge in [-0.15, -0.1) is 0 Å². The first-order valence-corrected chi connectivity index (χ1v) is 7.50. The SMILES string of the molecule is CCCOc1ccc(NC(=O)Nc2ccc(C(C)=O)cc2)cc1. The van der Waals surface area contributed by atoms with Crippen molar-refractivity contribution in [2.24, 2.45) is 0 Å². The quantitative estimate of drug-likeness (QED) is 0.780. The van der Waals surface area contributed by atoms with Crippen LogP contribution in [0.4, 0.5) is 16.2 Å². The van der Waals surface area contributed by atoms with Gasteiger partial charge in [-0.1, -0.05) is 6.92 Å². The van der Waals surface area contributed by atoms with Crippen molar-refractivity contribution in [2.45, 2.75) is 20.3 Å². The Balaban J connectivity index is 1.90. The zero-order chi connectivity index (χ0) is 16.7. The highest BCUT2D eigenvalue weighted by Crippen LogP contribution is 2.16. The van der Waals surface area contributed by atoms with E-state index in [1.807, 2.05) is 19.1 Å². The summed E-state index contributed by atoms with van der Waals surface area (Å²) in [6.07, 6.45) is 0.949. The molecule has 23 heavy (non-hydrogen) atoms. The van der Waals surface area contributed by atoms with Gasteiger partial charge < -0.3 is 15.4 Å². The number of urea groups is 1. The minimum atomic E-state index is -0.345. The minimum Gasteiger partial charge on any atom is -0.494 e. The van der Waals surface area contributed by atoms with Gasteiger partial charge in [0.05, 0.1) is 6.61 Å². The molecule has 0 bridgehead atoms. The highest BCUT2D eigenvalue weighted by molar-refractivity contribution is 6.00. The summed E-state index contributed by atoms with van der Waals surface area (Å²) in [5.74, 6) is 0.768. The number of benzene rings is 2. The maximum Gasteiger partial charge on any atom is 0.323 e. The molecule has 0 aromatic heterocycles. The molecule has 0 fully saturated rings. The van der Waals surface area contributed by atoms with Crippen molar-refractivity contribution in [3.05, 3.63) is 54.1 Å². The molecule has 0 heterocycles. The Morgan fingerprint density at radius 1 is 0.913 bits per heavy atom. The summed E-state index contributed by atoms with van der Waals surface area (Å²) in [4.78, 5) is 23.1. The smallest absolute Gasteiger partial charge is 0.323 e. The van der Waals surface area contributed by atoms with Gasteiger partial charge in [0.2, 0.25) is 0 Å². The second-order valence-corrected chi connectivity index (χ2v) is 5.09. The first-order chi connectivity index (χ1) is 11.1. The first-order valence-electron chi connectivity index (χ1n) is 7.50. The third-order valence-corrected chi connectivity index (χ3v) is 3.13. The zero-order valence-corrected chi connectivity index (χ0v) is 13.3. The van der Waals surface area contributed by atoms with Gasteiger partial charge in [-0.05, 0) is 61.9 Å². The lowest BCUT2D eigenvalue weighted by Crippen LogP contribution is -2.19. The van der Waals surface area contributed by atoms with Crippen LogP contribution >= 0.6 is 0 Å². The predicted molar refractivity (Wildman–Crippen MR) is 91.3 cm³/mol. The van der Waals surface area contributed by atoms with Gasteiger partial charge in [-0.2, -0.15) is 0 Å². The molecule has 0 saturated carbocycles. The molecular formula is C18H20N2O3. The van der Waals surface area contributed by atoms with Crippen molar-refractivity contribution >= 4 is 23.2 Å². The van der Waals surface area contributed by atoms with Gasteiger partial charge in [-0.3, -0.25) is 4.79 Å². The number of carbonyl (C=O) groups excluding carboxylic acids is 2. The largest absolute Gasteiger partial charge is 0.494 e. The van der Waals surface area contributed by atoms with E-state index in [0.717, 1.165) is 12.2 Å². The molecule has 0 radical (unpaired) electrons. The van der Waals surface area contributed by atoms with Crippen molar-refractivity contribution in [3.8, 4) is 5.75 Å². The van der Waals surface area contributed by atoms with E-state index in [-0.39, 0.29) is 11.8 Å². The number of amides is 2. The monoisotopic (exact) mass is 312 g/mol. The molecule has 2 rings (SSSR count). The molecule has 5 heteroatoms. The molecule has 0 atom stereocenters. The summed E-state index contributed by atoms with van der Waals surface area (Å²) in [6.45, 7) is 4.22. The molecule has 0 aliphatic carbocycles. The van der Waals surface area contributed by atoms with Gasteiger partial charge >= 0.3 is 6.03 Å². The normalized spacial score (nSPS) is 10.0. The average Bonchev–Trinajstić information content (AvgIpc) is 2.54. The number of rotatable bonds is 6. The summed E-state index contributed by atoms with van der Waals surface area (Å²) in [7, 11) is 0. The van der Waals surface area contributed by atoms with E-state index in [9.17, 15) is 9.59 Å². The van der Waals surface area contributed by atoms with Gasteiger partial charge in [-0.25, -0.2) is 4.79 Å². The second kappa shape index (κ2) is 7.98. The van der Waals surface area contributed by atoms with Crippen LogP contribution in [0.1, 0.15) is 30.6 Å². The van der Waals surface area contributed by atoms with E-state index < -0.39 is 0 Å². The van der Waals surface area contributed by atoms with Gasteiger partial charge in [0.15, 0.2) is 5.78 Å². The third kappa shape index (κ3) is 5.14. The molecule has 2 aromatic rings. The number of hydrogen-bond donors (Lipinski definition) is 2. The molecule has 0 aliphatic rings. The summed E-state index contributed by atoms with van der Waals surface area (Å²) < 4.78 is 5.49. The van der Waals surface area contributed by atoms with E-state index in [0.29, 0.717) is 23.5 Å². The molecule has 0 unspecified atom stereocenters. The summed E-state index contributed by atoms with van der Waals surface area (Å²) in [6, 6.07) is 13.6. The van der Waals surface area contributed by atoms with E-state index >= 15 is 0 Å². The Bertz CT molecular complexity index is 664. The summed E-state index contributed by atoms with van der Waals surface area (Å²) >= 11 is 0. The summed E-state index contributed by atoms with van der Waals surface area (Å²) in [5.41, 5.74) is 1.90. The van der Waals surface area contributed by atoms with Crippen molar-refractivity contribution < 1.29 is 14.3 Å². The Morgan fingerprint density at radius 3 is 1.91 bits per heavy atom. The zero-order valence-electron chi connectivity index (χ0n) is 13.3. The maximum atomic E-state index is 11.9. The first kappa shape index (κ1) is 16.5. The highest BCUT2D eigenvalue weighted by Gasteiger charge is 2.04. The molecule has 2 aromatic carbocycles. The topological polar surface area (TPSA) is 67.4 Å². The van der Waals surface area contributed by atoms with Crippen LogP contribution in [0.3, 0.4) is 0 Å². The predicted octanol–water partition coefficient (Wildman–Crippen LogP) is 4.32. The van der Waals surface area contributed by atoms with E-state index in [1.54, 1.807) is 36.4 Å². The average molecular weight is 312 g/mol. The second-order valence-electron chi connectivity index (χ2n) is 5.09. The Labute approximate surface area is 135 Å². The van der Waals surface area contributed by atoms with Crippen LogP contribution in [-0.4, -0.2) is 18.4 Å². The number of ketones is 1. The molecule has 2 amide bonds. The molecule has 0 aliphatic heterocycles. The summed E-state index contributed by atoms with van der Waals surface area (Å²) in [5, 5.41) is 5.45. The number of anilines is 2. The van der Waals surface area contributed by atoms with E-state index in [2.05, 4.69) is 10.6 Å². The van der Waals surface area contributed by atoms with Gasteiger partial charge in [0.25, 0.3) is 0 Å². The number of nitrogens with one attached hydrogen (secondary N) is 2. The number of Topliss-reactive ketones (excluding diaryl/α,β-unsaturated/α-hetero) is 1. The van der Waals surface area contributed by atoms with Crippen LogP contribution in [0.25, 0.3) is 0 Å². The fourth-order valence-electron chi connectivity index (χ4n) is 1.94. The van der Waals surface area contributed by atoms with Crippen molar-refractivity contribution in [1.29, 1.82) is 0 Å². The lowest BCUT2D eigenvalue weighted by atomic mass is 10.1. The molecule has 0 saturated heterocycles. The number of carbonyl (C=O) groups is 2. The Hall–Kier alpha value is -2.82. The molecule has 2 N–H and O–H groups in total. The third-order valence-electron chi connectivity index (χ3n) is 3.13. The van der Waals surface area contributed by atoms with Crippen LogP contribution in [-0.2, 0) is 0 Å². The molecular weight excluding hydrogens is 292 g/mol. The van der Waals surface area contributed by atoms with E-state index in [1.165, 1.54) is 6.92 Å². The molecule has 5 nitrogen and oxygen atoms in total. The van der Waals surface area contributed by atoms with Crippen LogP contribution in [0, 0.1) is 0 Å². The maximum absolute atomic E-state index is 11.9. The minimum absolute atomic E-state index is 0.00798. The van der Waals surface area contributed by atoms with Gasteiger partial charge in [0.1, 0.15) is 5.75 Å². The standard InChI is InChI=1S/C18H20N2O3/c1-3-12-23-17-10-8-16(9-11-17)20-18(22)19-15-6-4-14(5-7-15)13(2)21/h4-11H,3,12H2,1-2H3,(H2,19,20,22). The molecule has 0 spiro atoms. The van der Waals surface area contributed by atoms with Crippen molar-refractivity contribution in [2.75, 3.05) is 17.2 Å². The van der Waals surface area contributed by atoms with Crippen LogP contribution in [0.5, 0.6) is 5.75 Å². The van der Waals surface area contributed by atoms with Crippen molar-refractivity contribution in [3.63, 3.8) is 0 Å². The number of hydrogen-bond acceptors (Lipinski definition) is 3. The van der Waals surface area contributed by atoms with Crippen molar-refractivity contribution in [1.82, 2.24) is 0 Å². The highest BCUT2D eigenvalue weighted by atomic mass is 16.5. The van der Waals surface area contributed by atoms with Gasteiger partial charge in [0, 0.05) is 16.9 Å². The fourth-order valence-corrected chi connectivity index (χ4v) is 1.94. The Kier molecular flexibility index (Phi) is 5.74. The van der Waals surface area contributed by atoms with Crippen LogP contribution < -0.4 is 15.4 Å². The fraction of sp³-hybridized carbons (Fsp3) is 0.222. The van der Waals surface area contributed by atoms with Crippen LogP contribution in [0.15, 0.2) is 48.5 Å². The Morgan fingerprint density at radius 2 is 1.43 bits per heavy atom. The number of ether oxygens (including phenoxy) is 1. The van der Waals surface area contributed by atoms with Crippen LogP contribution in [0.2, 0.25) is 0 Å². The molecule has 120 valence electrons. The van der Waals surface area contributed by atoms with E-state index in [4.69, 9.17) is 4.74 Å².